The van der Waals surface area contributed by atoms with Crippen molar-refractivity contribution in [1.82, 2.24) is 4.90 Å². The Kier molecular flexibility index (Phi) is 3.78. The molecule has 0 radical (unpaired) electrons. The molecule has 0 aromatic carbocycles. The van der Waals surface area contributed by atoms with Gasteiger partial charge in [0.05, 0.1) is 0 Å². The maximum atomic E-state index is 2.43. The van der Waals surface area contributed by atoms with E-state index in [0.717, 1.165) is 5.92 Å². The van der Waals surface area contributed by atoms with Crippen molar-refractivity contribution in [1.29, 1.82) is 0 Å². The summed E-state index contributed by atoms with van der Waals surface area (Å²) in [5, 5.41) is 0. The van der Waals surface area contributed by atoms with E-state index >= 15 is 0 Å². The first-order valence-corrected chi connectivity index (χ1v) is 5.78. The molecule has 1 aliphatic carbocycles. The van der Waals surface area contributed by atoms with Gasteiger partial charge in [0.1, 0.15) is 0 Å². The van der Waals surface area contributed by atoms with E-state index in [9.17, 15) is 0 Å². The molecule has 1 unspecified atom stereocenters. The highest BCUT2D eigenvalue weighted by atomic mass is 15.2. The highest BCUT2D eigenvalue weighted by Crippen LogP contribution is 2.44. The largest absolute Gasteiger partial charge is 0.304 e. The van der Waals surface area contributed by atoms with Crippen molar-refractivity contribution in [3.8, 4) is 0 Å². The Morgan fingerprint density at radius 1 is 1.31 bits per heavy atom. The second kappa shape index (κ2) is 4.45. The summed E-state index contributed by atoms with van der Waals surface area (Å²) in [7, 11) is 4.46. The first-order chi connectivity index (χ1) is 6.10. The predicted octanol–water partition coefficient (Wildman–Crippen LogP) is 3.30. The molecule has 1 atom stereocenters. The molecule has 0 amide bonds. The van der Waals surface area contributed by atoms with Crippen molar-refractivity contribution in [3.63, 3.8) is 0 Å². The minimum atomic E-state index is 0.619. The van der Waals surface area contributed by atoms with Gasteiger partial charge in [0.25, 0.3) is 0 Å². The van der Waals surface area contributed by atoms with Crippen LogP contribution in [0.15, 0.2) is 0 Å². The van der Waals surface area contributed by atoms with Crippen LogP contribution < -0.4 is 0 Å². The van der Waals surface area contributed by atoms with Crippen molar-refractivity contribution in [2.75, 3.05) is 14.1 Å². The lowest BCUT2D eigenvalue weighted by Gasteiger charge is -2.24. The van der Waals surface area contributed by atoms with Crippen molar-refractivity contribution >= 4 is 0 Å². The summed E-state index contributed by atoms with van der Waals surface area (Å²) >= 11 is 0. The maximum Gasteiger partial charge on any atom is 0.0204 e. The molecular formula is C12H25N. The fourth-order valence-electron chi connectivity index (χ4n) is 2.05. The first-order valence-electron chi connectivity index (χ1n) is 5.78. The average Bonchev–Trinajstić information content (AvgIpc) is 2.85. The normalized spacial score (nSPS) is 21.9. The van der Waals surface area contributed by atoms with E-state index in [1.807, 2.05) is 0 Å². The molecule has 0 N–H and O–H groups in total. The van der Waals surface area contributed by atoms with Crippen LogP contribution in [0.4, 0.5) is 0 Å². The third-order valence-corrected chi connectivity index (χ3v) is 3.81. The summed E-state index contributed by atoms with van der Waals surface area (Å²) < 4.78 is 0. The third-order valence-electron chi connectivity index (χ3n) is 3.81. The molecule has 1 rings (SSSR count). The topological polar surface area (TPSA) is 3.24 Å². The standard InChI is InChI=1S/C12H25N/c1-5-11(2)7-6-8-12(9-10-12)13(3)4/h11H,5-10H2,1-4H3. The van der Waals surface area contributed by atoms with E-state index < -0.39 is 0 Å². The molecule has 78 valence electrons. The van der Waals surface area contributed by atoms with Gasteiger partial charge in [-0.1, -0.05) is 33.1 Å². The quantitative estimate of drug-likeness (QED) is 0.611. The zero-order valence-electron chi connectivity index (χ0n) is 9.77. The van der Waals surface area contributed by atoms with Crippen molar-refractivity contribution in [2.24, 2.45) is 5.92 Å². The van der Waals surface area contributed by atoms with E-state index in [4.69, 9.17) is 0 Å². The van der Waals surface area contributed by atoms with Crippen LogP contribution in [0.5, 0.6) is 0 Å². The average molecular weight is 183 g/mol. The van der Waals surface area contributed by atoms with E-state index in [1.165, 1.54) is 38.5 Å². The fourth-order valence-corrected chi connectivity index (χ4v) is 2.05. The molecule has 0 bridgehead atoms. The molecule has 0 aromatic heterocycles. The summed E-state index contributed by atoms with van der Waals surface area (Å²) in [6.07, 6.45) is 8.47. The van der Waals surface area contributed by atoms with Gasteiger partial charge in [-0.05, 0) is 39.3 Å². The van der Waals surface area contributed by atoms with E-state index in [2.05, 4.69) is 32.8 Å². The molecule has 0 saturated heterocycles. The Hall–Kier alpha value is -0.0400. The number of hydrogen-bond donors (Lipinski definition) is 0. The maximum absolute atomic E-state index is 2.43. The molecule has 1 aliphatic rings. The van der Waals surface area contributed by atoms with Crippen LogP contribution in [0.25, 0.3) is 0 Å². The van der Waals surface area contributed by atoms with Crippen LogP contribution in [-0.4, -0.2) is 24.5 Å². The molecule has 1 fully saturated rings. The molecule has 0 aromatic rings. The zero-order chi connectivity index (χ0) is 9.90. The van der Waals surface area contributed by atoms with Gasteiger partial charge in [0.2, 0.25) is 0 Å². The Morgan fingerprint density at radius 2 is 1.92 bits per heavy atom. The van der Waals surface area contributed by atoms with Gasteiger partial charge in [-0.3, -0.25) is 0 Å². The van der Waals surface area contributed by atoms with Crippen molar-refractivity contribution in [2.45, 2.75) is 57.9 Å². The van der Waals surface area contributed by atoms with Gasteiger partial charge < -0.3 is 4.90 Å². The summed E-state index contributed by atoms with van der Waals surface area (Å²) in [6, 6.07) is 0. The van der Waals surface area contributed by atoms with Crippen LogP contribution >= 0.6 is 0 Å². The van der Waals surface area contributed by atoms with Gasteiger partial charge in [-0.15, -0.1) is 0 Å². The van der Waals surface area contributed by atoms with Crippen LogP contribution in [0.2, 0.25) is 0 Å². The van der Waals surface area contributed by atoms with Gasteiger partial charge in [0, 0.05) is 5.54 Å². The minimum Gasteiger partial charge on any atom is -0.304 e. The molecule has 1 nitrogen and oxygen atoms in total. The molecule has 1 saturated carbocycles. The predicted molar refractivity (Wildman–Crippen MR) is 59.0 cm³/mol. The third kappa shape index (κ3) is 2.98. The summed E-state index contributed by atoms with van der Waals surface area (Å²) in [5.74, 6) is 0.929. The van der Waals surface area contributed by atoms with Crippen molar-refractivity contribution in [3.05, 3.63) is 0 Å². The first kappa shape index (κ1) is 11.0. The Labute approximate surface area is 83.5 Å². The second-order valence-electron chi connectivity index (χ2n) is 5.02. The van der Waals surface area contributed by atoms with Crippen LogP contribution in [0.1, 0.15) is 52.4 Å². The molecular weight excluding hydrogens is 158 g/mol. The summed E-state index contributed by atoms with van der Waals surface area (Å²) in [6.45, 7) is 4.67. The van der Waals surface area contributed by atoms with Gasteiger partial charge in [-0.25, -0.2) is 0 Å². The Bertz CT molecular complexity index is 147. The molecule has 0 heterocycles. The number of hydrogen-bond acceptors (Lipinski definition) is 1. The molecule has 0 spiro atoms. The zero-order valence-corrected chi connectivity index (χ0v) is 9.77. The Balaban J connectivity index is 2.12. The lowest BCUT2D eigenvalue weighted by molar-refractivity contribution is 0.245. The summed E-state index contributed by atoms with van der Waals surface area (Å²) in [4.78, 5) is 2.43. The molecule has 13 heavy (non-hydrogen) atoms. The van der Waals surface area contributed by atoms with Crippen LogP contribution in [0.3, 0.4) is 0 Å². The monoisotopic (exact) mass is 183 g/mol. The number of nitrogens with zero attached hydrogens (tertiary/aromatic N) is 1. The van der Waals surface area contributed by atoms with E-state index in [1.54, 1.807) is 0 Å². The lowest BCUT2D eigenvalue weighted by Crippen LogP contribution is -2.29. The molecule has 0 aliphatic heterocycles. The van der Waals surface area contributed by atoms with Gasteiger partial charge in [-0.2, -0.15) is 0 Å². The van der Waals surface area contributed by atoms with Gasteiger partial charge in [0.15, 0.2) is 0 Å². The van der Waals surface area contributed by atoms with Crippen molar-refractivity contribution < 1.29 is 0 Å². The smallest absolute Gasteiger partial charge is 0.0204 e. The highest BCUT2D eigenvalue weighted by molar-refractivity contribution is 5.01. The van der Waals surface area contributed by atoms with E-state index in [0.29, 0.717) is 5.54 Å². The molecule has 1 heteroatoms. The SMILES string of the molecule is CCC(C)CCCC1(N(C)C)CC1. The van der Waals surface area contributed by atoms with Crippen LogP contribution in [0, 0.1) is 5.92 Å². The van der Waals surface area contributed by atoms with Crippen LogP contribution in [-0.2, 0) is 0 Å². The second-order valence-corrected chi connectivity index (χ2v) is 5.02. The van der Waals surface area contributed by atoms with E-state index in [-0.39, 0.29) is 0 Å². The number of rotatable bonds is 6. The van der Waals surface area contributed by atoms with Gasteiger partial charge >= 0.3 is 0 Å². The minimum absolute atomic E-state index is 0.619. The fraction of sp³-hybridized carbons (Fsp3) is 1.00. The summed E-state index contributed by atoms with van der Waals surface area (Å²) in [5.41, 5.74) is 0.619. The highest BCUT2D eigenvalue weighted by Gasteiger charge is 2.43. The lowest BCUT2D eigenvalue weighted by atomic mass is 9.98. The Morgan fingerprint density at radius 3 is 2.31 bits per heavy atom.